The molecule has 0 saturated heterocycles. The molecule has 1 atom stereocenters. The number of alkyl halides is 3. The van der Waals surface area contributed by atoms with Gasteiger partial charge in [0, 0.05) is 12.1 Å². The number of hydroxylamine groups is 1. The Hall–Kier alpha value is -3.94. The molecule has 3 N–H and O–H groups in total. The van der Waals surface area contributed by atoms with E-state index in [1.165, 1.54) is 30.9 Å². The van der Waals surface area contributed by atoms with Gasteiger partial charge in [-0.2, -0.15) is 18.7 Å². The normalized spacial score (nSPS) is 12.2. The van der Waals surface area contributed by atoms with Crippen molar-refractivity contribution in [3.63, 3.8) is 0 Å². The topological polar surface area (TPSA) is 61.4 Å². The van der Waals surface area contributed by atoms with Gasteiger partial charge in [0.2, 0.25) is 0 Å². The van der Waals surface area contributed by atoms with Crippen LogP contribution in [0.1, 0.15) is 70.4 Å². The molecule has 4 nitrogen and oxygen atoms in total. The first-order valence-corrected chi connectivity index (χ1v) is 13.9. The summed E-state index contributed by atoms with van der Waals surface area (Å²) >= 11 is 0. The van der Waals surface area contributed by atoms with Crippen molar-refractivity contribution >= 4 is 5.91 Å². The van der Waals surface area contributed by atoms with E-state index in [1.807, 2.05) is 36.4 Å². The molecule has 0 fully saturated rings. The van der Waals surface area contributed by atoms with Crippen LogP contribution < -0.4 is 10.8 Å². The molecule has 0 spiro atoms. The van der Waals surface area contributed by atoms with E-state index in [1.54, 1.807) is 18.2 Å². The second kappa shape index (κ2) is 14.1. The quantitative estimate of drug-likeness (QED) is 0.121. The van der Waals surface area contributed by atoms with Crippen LogP contribution in [-0.4, -0.2) is 11.1 Å². The van der Waals surface area contributed by atoms with E-state index in [9.17, 15) is 23.2 Å². The summed E-state index contributed by atoms with van der Waals surface area (Å²) in [5, 5.41) is 12.6. The summed E-state index contributed by atoms with van der Waals surface area (Å²) in [6, 6.07) is 27.6. The van der Waals surface area contributed by atoms with E-state index >= 15 is 0 Å². The predicted octanol–water partition coefficient (Wildman–Crippen LogP) is 8.30. The van der Waals surface area contributed by atoms with Gasteiger partial charge in [-0.1, -0.05) is 92.6 Å². The maximum atomic E-state index is 13.1. The minimum Gasteiger partial charge on any atom is -0.348 e. The van der Waals surface area contributed by atoms with Crippen molar-refractivity contribution in [1.82, 2.24) is 10.8 Å². The highest BCUT2D eigenvalue weighted by Gasteiger charge is 2.31. The SMILES string of the molecule is CCCCCc1ccc(CNC(=O)c2ccc(-c3ccc(CC(NO)c4cccc(C(F)(F)F)c4)cc3)cc2)cc1. The molecule has 0 aliphatic rings. The Morgan fingerprint density at radius 3 is 2.02 bits per heavy atom. The summed E-state index contributed by atoms with van der Waals surface area (Å²) in [7, 11) is 0. The molecule has 41 heavy (non-hydrogen) atoms. The van der Waals surface area contributed by atoms with Gasteiger partial charge in [-0.05, 0) is 76.9 Å². The van der Waals surface area contributed by atoms with Gasteiger partial charge in [-0.15, -0.1) is 0 Å². The molecule has 4 aromatic rings. The fraction of sp³-hybridized carbons (Fsp3) is 0.265. The van der Waals surface area contributed by atoms with E-state index in [-0.39, 0.29) is 5.91 Å². The van der Waals surface area contributed by atoms with Gasteiger partial charge in [-0.25, -0.2) is 0 Å². The zero-order valence-electron chi connectivity index (χ0n) is 23.0. The van der Waals surface area contributed by atoms with E-state index in [4.69, 9.17) is 0 Å². The summed E-state index contributed by atoms with van der Waals surface area (Å²) in [6.45, 7) is 2.66. The molecule has 214 valence electrons. The van der Waals surface area contributed by atoms with E-state index in [0.717, 1.165) is 40.8 Å². The fourth-order valence-electron chi connectivity index (χ4n) is 4.74. The molecule has 7 heteroatoms. The lowest BCUT2D eigenvalue weighted by Crippen LogP contribution is -2.22. The highest BCUT2D eigenvalue weighted by atomic mass is 19.4. The molecular formula is C34H35F3N2O2. The van der Waals surface area contributed by atoms with Gasteiger partial charge < -0.3 is 10.5 Å². The van der Waals surface area contributed by atoms with Crippen LogP contribution in [0.5, 0.6) is 0 Å². The highest BCUT2D eigenvalue weighted by Crippen LogP contribution is 2.31. The monoisotopic (exact) mass is 560 g/mol. The van der Waals surface area contributed by atoms with Crippen molar-refractivity contribution in [2.75, 3.05) is 0 Å². The van der Waals surface area contributed by atoms with Crippen molar-refractivity contribution in [1.29, 1.82) is 0 Å². The van der Waals surface area contributed by atoms with Gasteiger partial charge >= 0.3 is 6.18 Å². The molecule has 1 unspecified atom stereocenters. The largest absolute Gasteiger partial charge is 0.416 e. The number of carbonyl (C=O) groups is 1. The van der Waals surface area contributed by atoms with Crippen molar-refractivity contribution in [3.05, 3.63) is 130 Å². The predicted molar refractivity (Wildman–Crippen MR) is 156 cm³/mol. The minimum atomic E-state index is -4.45. The molecule has 4 aromatic carbocycles. The van der Waals surface area contributed by atoms with Gasteiger partial charge in [0.1, 0.15) is 0 Å². The Labute approximate surface area is 239 Å². The van der Waals surface area contributed by atoms with Crippen molar-refractivity contribution in [3.8, 4) is 11.1 Å². The lowest BCUT2D eigenvalue weighted by Gasteiger charge is -2.17. The summed E-state index contributed by atoms with van der Waals surface area (Å²) in [6.07, 6.45) is 0.563. The number of benzene rings is 4. The average molecular weight is 561 g/mol. The first-order valence-electron chi connectivity index (χ1n) is 13.9. The Balaban J connectivity index is 1.33. The zero-order valence-corrected chi connectivity index (χ0v) is 23.0. The van der Waals surface area contributed by atoms with Gasteiger partial charge in [0.15, 0.2) is 0 Å². The molecule has 1 amide bonds. The van der Waals surface area contributed by atoms with Crippen LogP contribution in [-0.2, 0) is 25.6 Å². The van der Waals surface area contributed by atoms with Crippen molar-refractivity contribution in [2.24, 2.45) is 0 Å². The third-order valence-electron chi connectivity index (χ3n) is 7.19. The molecule has 0 aromatic heterocycles. The number of hydrogen-bond acceptors (Lipinski definition) is 3. The van der Waals surface area contributed by atoms with Gasteiger partial charge in [0.25, 0.3) is 5.91 Å². The van der Waals surface area contributed by atoms with Crippen LogP contribution >= 0.6 is 0 Å². The smallest absolute Gasteiger partial charge is 0.348 e. The summed E-state index contributed by atoms with van der Waals surface area (Å²) in [5.41, 5.74) is 7.39. The Kier molecular flexibility index (Phi) is 10.3. The third-order valence-corrected chi connectivity index (χ3v) is 7.19. The van der Waals surface area contributed by atoms with Crippen molar-refractivity contribution < 1.29 is 23.2 Å². The maximum absolute atomic E-state index is 13.1. The maximum Gasteiger partial charge on any atom is 0.416 e. The fourth-order valence-corrected chi connectivity index (χ4v) is 4.74. The first-order chi connectivity index (χ1) is 19.8. The first kappa shape index (κ1) is 30.0. The van der Waals surface area contributed by atoms with E-state index < -0.39 is 17.8 Å². The average Bonchev–Trinajstić information content (AvgIpc) is 2.99. The Morgan fingerprint density at radius 2 is 1.41 bits per heavy atom. The number of hydrogen-bond donors (Lipinski definition) is 3. The molecule has 0 aliphatic heterocycles. The number of halogens is 3. The van der Waals surface area contributed by atoms with Crippen LogP contribution in [0.3, 0.4) is 0 Å². The zero-order chi connectivity index (χ0) is 29.2. The number of unbranched alkanes of at least 4 members (excludes halogenated alkanes) is 2. The van der Waals surface area contributed by atoms with E-state index in [2.05, 4.69) is 42.0 Å². The third kappa shape index (κ3) is 8.52. The second-order valence-electron chi connectivity index (χ2n) is 10.2. The number of nitrogens with one attached hydrogen (secondary N) is 2. The van der Waals surface area contributed by atoms with Crippen LogP contribution in [0.15, 0.2) is 97.1 Å². The van der Waals surface area contributed by atoms with Crippen LogP contribution in [0.25, 0.3) is 11.1 Å². The molecule has 0 aliphatic carbocycles. The van der Waals surface area contributed by atoms with Crippen LogP contribution in [0.2, 0.25) is 0 Å². The summed E-state index contributed by atoms with van der Waals surface area (Å²) < 4.78 is 39.3. The Morgan fingerprint density at radius 1 is 0.805 bits per heavy atom. The lowest BCUT2D eigenvalue weighted by molar-refractivity contribution is -0.137. The number of amides is 1. The number of rotatable bonds is 12. The summed E-state index contributed by atoms with van der Waals surface area (Å²) in [5.74, 6) is -0.143. The lowest BCUT2D eigenvalue weighted by atomic mass is 9.96. The summed E-state index contributed by atoms with van der Waals surface area (Å²) in [4.78, 5) is 12.7. The molecule has 0 radical (unpaired) electrons. The Bertz CT molecular complexity index is 1400. The van der Waals surface area contributed by atoms with Gasteiger partial charge in [0.05, 0.1) is 11.6 Å². The van der Waals surface area contributed by atoms with E-state index in [0.29, 0.717) is 24.1 Å². The van der Waals surface area contributed by atoms with Gasteiger partial charge in [-0.3, -0.25) is 4.79 Å². The molecule has 0 saturated carbocycles. The molecular weight excluding hydrogens is 525 g/mol. The number of aryl methyl sites for hydroxylation is 1. The van der Waals surface area contributed by atoms with Crippen LogP contribution in [0.4, 0.5) is 13.2 Å². The van der Waals surface area contributed by atoms with Crippen molar-refractivity contribution in [2.45, 2.75) is 57.8 Å². The standard InChI is InChI=1S/C34H35F3N2O2/c1-2-3-4-6-24-9-11-26(12-10-24)23-38-33(40)29-19-17-28(18-20-29)27-15-13-25(14-16-27)21-32(39-41)30-7-5-8-31(22-30)34(35,36)37/h5,7-20,22,32,39,41H,2-4,6,21,23H2,1H3,(H,38,40). The molecule has 4 rings (SSSR count). The number of carbonyl (C=O) groups excluding carboxylic acids is 1. The van der Waals surface area contributed by atoms with Crippen LogP contribution in [0, 0.1) is 0 Å². The minimum absolute atomic E-state index is 0.143. The molecule has 0 heterocycles. The second-order valence-corrected chi connectivity index (χ2v) is 10.2. The molecule has 0 bridgehead atoms. The highest BCUT2D eigenvalue weighted by molar-refractivity contribution is 5.94.